The molecule has 0 radical (unpaired) electrons. The Morgan fingerprint density at radius 3 is 2.24 bits per heavy atom. The number of carbonyl (C=O) groups is 2. The highest BCUT2D eigenvalue weighted by Crippen LogP contribution is 2.23. The van der Waals surface area contributed by atoms with Crippen molar-refractivity contribution in [1.29, 1.82) is 0 Å². The molecule has 34 heavy (non-hydrogen) atoms. The van der Waals surface area contributed by atoms with Crippen molar-refractivity contribution in [3.63, 3.8) is 0 Å². The summed E-state index contributed by atoms with van der Waals surface area (Å²) in [6.07, 6.45) is 3.46. The minimum absolute atomic E-state index is 0.0896. The molecule has 178 valence electrons. The number of amides is 1. The largest absolute Gasteiger partial charge is 0.482 e. The van der Waals surface area contributed by atoms with Crippen LogP contribution in [0.1, 0.15) is 42.9 Å². The summed E-state index contributed by atoms with van der Waals surface area (Å²) < 4.78 is 10.3. The number of rotatable bonds is 12. The third-order valence-corrected chi connectivity index (χ3v) is 5.50. The Morgan fingerprint density at radius 2 is 1.56 bits per heavy atom. The number of hydrogen-bond donors (Lipinski definition) is 1. The van der Waals surface area contributed by atoms with Crippen molar-refractivity contribution in [3.05, 3.63) is 89.5 Å². The number of carbonyl (C=O) groups excluding carboxylic acids is 2. The molecule has 3 aromatic carbocycles. The molecule has 5 nitrogen and oxygen atoms in total. The molecule has 0 aliphatic rings. The SMILES string of the molecule is CCOC(=O)COc1ccc(-c2ccc(CNC(=O)CCCCc3cccc(C)c3)cc2)cc1. The molecule has 0 aliphatic heterocycles. The van der Waals surface area contributed by atoms with E-state index in [1.165, 1.54) is 11.1 Å². The van der Waals surface area contributed by atoms with Gasteiger partial charge in [0.05, 0.1) is 6.61 Å². The minimum Gasteiger partial charge on any atom is -0.482 e. The minimum atomic E-state index is -0.378. The number of aryl methyl sites for hydroxylation is 2. The highest BCUT2D eigenvalue weighted by molar-refractivity contribution is 5.75. The predicted molar refractivity (Wildman–Crippen MR) is 135 cm³/mol. The van der Waals surface area contributed by atoms with E-state index in [1.54, 1.807) is 6.92 Å². The van der Waals surface area contributed by atoms with Crippen molar-refractivity contribution in [3.8, 4) is 16.9 Å². The molecule has 0 saturated heterocycles. The summed E-state index contributed by atoms with van der Waals surface area (Å²) in [6.45, 7) is 4.64. The molecule has 0 spiro atoms. The third kappa shape index (κ3) is 8.39. The van der Waals surface area contributed by atoms with Gasteiger partial charge in [0.15, 0.2) is 6.61 Å². The lowest BCUT2D eigenvalue weighted by Gasteiger charge is -2.09. The molecule has 3 rings (SSSR count). The Morgan fingerprint density at radius 1 is 0.853 bits per heavy atom. The second-order valence-corrected chi connectivity index (χ2v) is 8.29. The van der Waals surface area contributed by atoms with E-state index in [-0.39, 0.29) is 18.5 Å². The zero-order chi connectivity index (χ0) is 24.2. The van der Waals surface area contributed by atoms with Gasteiger partial charge < -0.3 is 14.8 Å². The van der Waals surface area contributed by atoms with Crippen LogP contribution in [0, 0.1) is 6.92 Å². The highest BCUT2D eigenvalue weighted by atomic mass is 16.6. The van der Waals surface area contributed by atoms with Gasteiger partial charge in [0.25, 0.3) is 0 Å². The predicted octanol–water partition coefficient (Wildman–Crippen LogP) is 5.63. The number of unbranched alkanes of at least 4 members (excludes halogenated alkanes) is 1. The number of ether oxygens (including phenoxy) is 2. The summed E-state index contributed by atoms with van der Waals surface area (Å²) in [5.41, 5.74) is 5.79. The fourth-order valence-corrected chi connectivity index (χ4v) is 3.67. The molecule has 0 atom stereocenters. The van der Waals surface area contributed by atoms with Crippen LogP contribution in [0.15, 0.2) is 72.8 Å². The standard InChI is InChI=1S/C29H33NO4/c1-3-33-29(32)21-34-27-17-15-26(16-18-27)25-13-11-24(12-14-25)20-30-28(31)10-5-4-8-23-9-6-7-22(2)19-23/h6-7,9,11-19H,3-5,8,10,20-21H2,1-2H3,(H,30,31). The summed E-state index contributed by atoms with van der Waals surface area (Å²) in [7, 11) is 0. The Kier molecular flexibility index (Phi) is 9.71. The number of esters is 1. The first-order valence-corrected chi connectivity index (χ1v) is 11.8. The third-order valence-electron chi connectivity index (χ3n) is 5.50. The molecule has 0 aromatic heterocycles. The number of hydrogen-bond acceptors (Lipinski definition) is 4. The lowest BCUT2D eigenvalue weighted by atomic mass is 10.0. The van der Waals surface area contributed by atoms with Crippen molar-refractivity contribution in [1.82, 2.24) is 5.32 Å². The highest BCUT2D eigenvalue weighted by Gasteiger charge is 2.05. The maximum absolute atomic E-state index is 12.2. The zero-order valence-electron chi connectivity index (χ0n) is 20.0. The van der Waals surface area contributed by atoms with E-state index in [1.807, 2.05) is 48.5 Å². The van der Waals surface area contributed by atoms with E-state index in [0.717, 1.165) is 36.0 Å². The Bertz CT molecular complexity index is 1060. The van der Waals surface area contributed by atoms with Gasteiger partial charge in [-0.05, 0) is 67.5 Å². The summed E-state index contributed by atoms with van der Waals surface area (Å²) in [6, 6.07) is 24.2. The van der Waals surface area contributed by atoms with Gasteiger partial charge in [0.2, 0.25) is 5.91 Å². The van der Waals surface area contributed by atoms with Gasteiger partial charge in [0.1, 0.15) is 5.75 Å². The van der Waals surface area contributed by atoms with Crippen LogP contribution in [-0.4, -0.2) is 25.1 Å². The Balaban J connectivity index is 1.38. The first kappa shape index (κ1) is 25.0. The first-order valence-electron chi connectivity index (χ1n) is 11.8. The quantitative estimate of drug-likeness (QED) is 0.281. The molecule has 3 aromatic rings. The molecule has 0 heterocycles. The molecule has 0 fully saturated rings. The Hall–Kier alpha value is -3.60. The van der Waals surface area contributed by atoms with E-state index in [4.69, 9.17) is 9.47 Å². The van der Waals surface area contributed by atoms with Crippen molar-refractivity contribution in [2.45, 2.75) is 46.1 Å². The van der Waals surface area contributed by atoms with Gasteiger partial charge in [0, 0.05) is 13.0 Å². The van der Waals surface area contributed by atoms with E-state index >= 15 is 0 Å². The van der Waals surface area contributed by atoms with E-state index in [2.05, 4.69) is 36.5 Å². The van der Waals surface area contributed by atoms with Crippen molar-refractivity contribution in [2.75, 3.05) is 13.2 Å². The average Bonchev–Trinajstić information content (AvgIpc) is 2.85. The van der Waals surface area contributed by atoms with Gasteiger partial charge >= 0.3 is 5.97 Å². The fraction of sp³-hybridized carbons (Fsp3) is 0.310. The van der Waals surface area contributed by atoms with E-state index in [9.17, 15) is 9.59 Å². The second-order valence-electron chi connectivity index (χ2n) is 8.29. The molecule has 0 aliphatic carbocycles. The van der Waals surface area contributed by atoms with Crippen LogP contribution in [0.25, 0.3) is 11.1 Å². The van der Waals surface area contributed by atoms with Crippen LogP contribution in [0.2, 0.25) is 0 Å². The van der Waals surface area contributed by atoms with E-state index < -0.39 is 0 Å². The second kappa shape index (κ2) is 13.2. The first-order chi connectivity index (χ1) is 16.5. The number of nitrogens with one attached hydrogen (secondary N) is 1. The summed E-state index contributed by atoms with van der Waals surface area (Å²) in [4.78, 5) is 23.6. The van der Waals surface area contributed by atoms with Gasteiger partial charge in [-0.25, -0.2) is 4.79 Å². The summed E-state index contributed by atoms with van der Waals surface area (Å²) >= 11 is 0. The Labute approximate surface area is 202 Å². The van der Waals surface area contributed by atoms with Gasteiger partial charge in [-0.3, -0.25) is 4.79 Å². The summed E-state index contributed by atoms with van der Waals surface area (Å²) in [5.74, 6) is 0.332. The smallest absolute Gasteiger partial charge is 0.344 e. The summed E-state index contributed by atoms with van der Waals surface area (Å²) in [5, 5.41) is 3.01. The lowest BCUT2D eigenvalue weighted by Crippen LogP contribution is -2.22. The van der Waals surface area contributed by atoms with Crippen LogP contribution in [-0.2, 0) is 27.3 Å². The van der Waals surface area contributed by atoms with E-state index in [0.29, 0.717) is 25.3 Å². The molecular weight excluding hydrogens is 426 g/mol. The normalized spacial score (nSPS) is 10.5. The number of benzene rings is 3. The van der Waals surface area contributed by atoms with Crippen molar-refractivity contribution in [2.24, 2.45) is 0 Å². The maximum atomic E-state index is 12.2. The molecule has 0 unspecified atom stereocenters. The maximum Gasteiger partial charge on any atom is 0.344 e. The average molecular weight is 460 g/mol. The van der Waals surface area contributed by atoms with Crippen LogP contribution >= 0.6 is 0 Å². The monoisotopic (exact) mass is 459 g/mol. The molecule has 0 saturated carbocycles. The molecule has 1 amide bonds. The lowest BCUT2D eigenvalue weighted by molar-refractivity contribution is -0.145. The molecule has 1 N–H and O–H groups in total. The van der Waals surface area contributed by atoms with Crippen molar-refractivity contribution >= 4 is 11.9 Å². The van der Waals surface area contributed by atoms with Gasteiger partial charge in [-0.15, -0.1) is 0 Å². The molecular formula is C29H33NO4. The van der Waals surface area contributed by atoms with Gasteiger partial charge in [-0.2, -0.15) is 0 Å². The van der Waals surface area contributed by atoms with Crippen LogP contribution in [0.4, 0.5) is 0 Å². The van der Waals surface area contributed by atoms with Crippen LogP contribution in [0.5, 0.6) is 5.75 Å². The molecule has 5 heteroatoms. The molecule has 0 bridgehead atoms. The van der Waals surface area contributed by atoms with Crippen molar-refractivity contribution < 1.29 is 19.1 Å². The fourth-order valence-electron chi connectivity index (χ4n) is 3.67. The van der Waals surface area contributed by atoms with Crippen LogP contribution < -0.4 is 10.1 Å². The van der Waals surface area contributed by atoms with Gasteiger partial charge in [-0.1, -0.05) is 66.2 Å². The van der Waals surface area contributed by atoms with Crippen LogP contribution in [0.3, 0.4) is 0 Å². The topological polar surface area (TPSA) is 64.6 Å². The zero-order valence-corrected chi connectivity index (χ0v) is 20.0.